The van der Waals surface area contributed by atoms with E-state index in [1.165, 1.54) is 25.4 Å². The summed E-state index contributed by atoms with van der Waals surface area (Å²) in [6.07, 6.45) is 3.04. The minimum Gasteiger partial charge on any atom is -0.494 e. The number of hydrogen-bond acceptors (Lipinski definition) is 2. The Labute approximate surface area is 91.5 Å². The van der Waals surface area contributed by atoms with Gasteiger partial charge in [-0.2, -0.15) is 0 Å². The van der Waals surface area contributed by atoms with Gasteiger partial charge in [-0.05, 0) is 23.8 Å². The fraction of sp³-hybridized carbons (Fsp3) is 0.0833. The molecule has 0 bridgehead atoms. The predicted octanol–water partition coefficient (Wildman–Crippen LogP) is 3.04. The zero-order valence-corrected chi connectivity index (χ0v) is 8.58. The Balaban J connectivity index is 2.58. The topological polar surface area (TPSA) is 22.1 Å². The molecule has 1 aromatic heterocycles. The lowest BCUT2D eigenvalue weighted by Gasteiger charge is -2.07. The van der Waals surface area contributed by atoms with Crippen LogP contribution in [0.5, 0.6) is 5.75 Å². The quantitative estimate of drug-likeness (QED) is 0.777. The zero-order chi connectivity index (χ0) is 11.5. The van der Waals surface area contributed by atoms with Crippen molar-refractivity contribution in [3.8, 4) is 16.9 Å². The first-order valence-electron chi connectivity index (χ1n) is 4.65. The number of benzene rings is 1. The number of aromatic nitrogens is 1. The zero-order valence-electron chi connectivity index (χ0n) is 8.58. The van der Waals surface area contributed by atoms with Gasteiger partial charge in [0.1, 0.15) is 17.4 Å². The Bertz CT molecular complexity index is 494. The molecular weight excluding hydrogens is 212 g/mol. The molecule has 0 unspecified atom stereocenters. The van der Waals surface area contributed by atoms with Crippen LogP contribution >= 0.6 is 0 Å². The standard InChI is InChI=1S/C12H9F2NO/c1-16-12-7-15-3-2-11(12)8-4-9(13)6-10(14)5-8/h2-7H,1H3. The summed E-state index contributed by atoms with van der Waals surface area (Å²) in [6.45, 7) is 0. The molecular formula is C12H9F2NO. The van der Waals surface area contributed by atoms with Crippen LogP contribution in [0.25, 0.3) is 11.1 Å². The lowest BCUT2D eigenvalue weighted by Crippen LogP contribution is -1.90. The maximum atomic E-state index is 13.1. The van der Waals surface area contributed by atoms with E-state index in [1.54, 1.807) is 12.3 Å². The molecule has 2 nitrogen and oxygen atoms in total. The second kappa shape index (κ2) is 4.26. The van der Waals surface area contributed by atoms with Crippen LogP contribution in [0.3, 0.4) is 0 Å². The first-order valence-corrected chi connectivity index (χ1v) is 4.65. The van der Waals surface area contributed by atoms with E-state index < -0.39 is 11.6 Å². The minimum absolute atomic E-state index is 0.428. The van der Waals surface area contributed by atoms with Crippen molar-refractivity contribution in [1.29, 1.82) is 0 Å². The highest BCUT2D eigenvalue weighted by Gasteiger charge is 2.08. The molecule has 0 saturated carbocycles. The molecule has 0 aliphatic rings. The van der Waals surface area contributed by atoms with Crippen LogP contribution in [-0.4, -0.2) is 12.1 Å². The van der Waals surface area contributed by atoms with Gasteiger partial charge in [0.15, 0.2) is 0 Å². The SMILES string of the molecule is COc1cnccc1-c1cc(F)cc(F)c1. The first kappa shape index (κ1) is 10.5. The van der Waals surface area contributed by atoms with E-state index in [0.29, 0.717) is 16.9 Å². The molecule has 1 heterocycles. The smallest absolute Gasteiger partial charge is 0.144 e. The molecule has 0 saturated heterocycles. The molecule has 2 rings (SSSR count). The third kappa shape index (κ3) is 2.00. The monoisotopic (exact) mass is 221 g/mol. The minimum atomic E-state index is -0.617. The van der Waals surface area contributed by atoms with Crippen LogP contribution in [0.15, 0.2) is 36.7 Å². The van der Waals surface area contributed by atoms with Gasteiger partial charge in [-0.1, -0.05) is 0 Å². The fourth-order valence-corrected chi connectivity index (χ4v) is 1.49. The van der Waals surface area contributed by atoms with Gasteiger partial charge in [-0.3, -0.25) is 4.98 Å². The van der Waals surface area contributed by atoms with E-state index in [1.807, 2.05) is 0 Å². The largest absolute Gasteiger partial charge is 0.494 e. The third-order valence-corrected chi connectivity index (χ3v) is 2.18. The Morgan fingerprint density at radius 2 is 1.81 bits per heavy atom. The maximum Gasteiger partial charge on any atom is 0.144 e. The summed E-state index contributed by atoms with van der Waals surface area (Å²) in [6, 6.07) is 4.98. The van der Waals surface area contributed by atoms with E-state index >= 15 is 0 Å². The van der Waals surface area contributed by atoms with Crippen LogP contribution in [-0.2, 0) is 0 Å². The molecule has 82 valence electrons. The summed E-state index contributed by atoms with van der Waals surface area (Å²) in [4.78, 5) is 3.87. The average Bonchev–Trinajstić information content (AvgIpc) is 2.27. The Kier molecular flexibility index (Phi) is 2.81. The molecule has 1 aromatic carbocycles. The van der Waals surface area contributed by atoms with Crippen LogP contribution in [0.1, 0.15) is 0 Å². The Hall–Kier alpha value is -1.97. The highest BCUT2D eigenvalue weighted by molar-refractivity contribution is 5.69. The number of pyridine rings is 1. The summed E-state index contributed by atoms with van der Waals surface area (Å²) in [5, 5.41) is 0. The van der Waals surface area contributed by atoms with E-state index in [9.17, 15) is 8.78 Å². The second-order valence-corrected chi connectivity index (χ2v) is 3.23. The Morgan fingerprint density at radius 3 is 2.44 bits per heavy atom. The predicted molar refractivity (Wildman–Crippen MR) is 56.1 cm³/mol. The van der Waals surface area contributed by atoms with Crippen molar-refractivity contribution in [2.45, 2.75) is 0 Å². The molecule has 0 radical (unpaired) electrons. The first-order chi connectivity index (χ1) is 7.70. The van der Waals surface area contributed by atoms with Crippen LogP contribution in [0.4, 0.5) is 8.78 Å². The van der Waals surface area contributed by atoms with Crippen LogP contribution in [0.2, 0.25) is 0 Å². The van der Waals surface area contributed by atoms with Crippen molar-refractivity contribution in [3.05, 3.63) is 48.3 Å². The van der Waals surface area contributed by atoms with E-state index in [2.05, 4.69) is 4.98 Å². The molecule has 2 aromatic rings. The normalized spacial score (nSPS) is 10.2. The van der Waals surface area contributed by atoms with Gasteiger partial charge in [0, 0.05) is 17.8 Å². The molecule has 0 aliphatic heterocycles. The highest BCUT2D eigenvalue weighted by Crippen LogP contribution is 2.29. The lowest BCUT2D eigenvalue weighted by atomic mass is 10.1. The van der Waals surface area contributed by atoms with Gasteiger partial charge in [0.2, 0.25) is 0 Å². The van der Waals surface area contributed by atoms with Gasteiger partial charge in [-0.25, -0.2) is 8.78 Å². The van der Waals surface area contributed by atoms with E-state index in [0.717, 1.165) is 6.07 Å². The summed E-state index contributed by atoms with van der Waals surface area (Å²) >= 11 is 0. The number of ether oxygens (including phenoxy) is 1. The summed E-state index contributed by atoms with van der Waals surface area (Å²) < 4.78 is 31.2. The lowest BCUT2D eigenvalue weighted by molar-refractivity contribution is 0.414. The Morgan fingerprint density at radius 1 is 1.12 bits per heavy atom. The van der Waals surface area contributed by atoms with Crippen molar-refractivity contribution in [2.24, 2.45) is 0 Å². The van der Waals surface area contributed by atoms with Crippen molar-refractivity contribution in [2.75, 3.05) is 7.11 Å². The number of rotatable bonds is 2. The van der Waals surface area contributed by atoms with Crippen LogP contribution in [0, 0.1) is 11.6 Å². The van der Waals surface area contributed by atoms with Gasteiger partial charge in [0.05, 0.1) is 13.3 Å². The summed E-state index contributed by atoms with van der Waals surface area (Å²) in [7, 11) is 1.48. The summed E-state index contributed by atoms with van der Waals surface area (Å²) in [5.74, 6) is -0.754. The van der Waals surface area contributed by atoms with E-state index in [-0.39, 0.29) is 0 Å². The fourth-order valence-electron chi connectivity index (χ4n) is 1.49. The molecule has 4 heteroatoms. The highest BCUT2D eigenvalue weighted by atomic mass is 19.1. The molecule has 0 atom stereocenters. The second-order valence-electron chi connectivity index (χ2n) is 3.23. The number of methoxy groups -OCH3 is 1. The van der Waals surface area contributed by atoms with Crippen molar-refractivity contribution >= 4 is 0 Å². The number of halogens is 2. The molecule has 0 aliphatic carbocycles. The average molecular weight is 221 g/mol. The van der Waals surface area contributed by atoms with Gasteiger partial charge in [-0.15, -0.1) is 0 Å². The van der Waals surface area contributed by atoms with E-state index in [4.69, 9.17) is 4.74 Å². The molecule has 0 N–H and O–H groups in total. The molecule has 0 spiro atoms. The number of nitrogens with zero attached hydrogens (tertiary/aromatic N) is 1. The maximum absolute atomic E-state index is 13.1. The molecule has 16 heavy (non-hydrogen) atoms. The molecule has 0 fully saturated rings. The van der Waals surface area contributed by atoms with Crippen molar-refractivity contribution < 1.29 is 13.5 Å². The van der Waals surface area contributed by atoms with Gasteiger partial charge in [0.25, 0.3) is 0 Å². The number of hydrogen-bond donors (Lipinski definition) is 0. The molecule has 0 amide bonds. The van der Waals surface area contributed by atoms with Gasteiger partial charge >= 0.3 is 0 Å². The third-order valence-electron chi connectivity index (χ3n) is 2.18. The summed E-state index contributed by atoms with van der Waals surface area (Å²) in [5.41, 5.74) is 1.03. The van der Waals surface area contributed by atoms with Crippen molar-refractivity contribution in [3.63, 3.8) is 0 Å². The van der Waals surface area contributed by atoms with Crippen LogP contribution < -0.4 is 4.74 Å². The van der Waals surface area contributed by atoms with Crippen molar-refractivity contribution in [1.82, 2.24) is 4.98 Å². The van der Waals surface area contributed by atoms with Gasteiger partial charge < -0.3 is 4.74 Å².